The van der Waals surface area contributed by atoms with Crippen molar-refractivity contribution in [1.82, 2.24) is 9.80 Å². The van der Waals surface area contributed by atoms with E-state index in [0.717, 1.165) is 48.0 Å². The predicted molar refractivity (Wildman–Crippen MR) is 136 cm³/mol. The fraction of sp³-hybridized carbons (Fsp3) is 0.385. The lowest BCUT2D eigenvalue weighted by Gasteiger charge is -2.30. The predicted octanol–water partition coefficient (Wildman–Crippen LogP) is 5.46. The third kappa shape index (κ3) is 4.73. The highest BCUT2D eigenvalue weighted by atomic mass is 35.5. The highest BCUT2D eigenvalue weighted by Gasteiger charge is 2.55. The van der Waals surface area contributed by atoms with Crippen molar-refractivity contribution in [2.24, 2.45) is 0 Å². The zero-order chi connectivity index (χ0) is 22.3. The first-order valence-electron chi connectivity index (χ1n) is 11.1. The van der Waals surface area contributed by atoms with Crippen molar-refractivity contribution in [3.63, 3.8) is 0 Å². The minimum absolute atomic E-state index is 0. The van der Waals surface area contributed by atoms with Gasteiger partial charge in [0.2, 0.25) is 5.91 Å². The number of hydrogen-bond donors (Lipinski definition) is 0. The molecule has 0 saturated heterocycles. The molecule has 3 rings (SSSR count). The Kier molecular flexibility index (Phi) is 9.84. The van der Waals surface area contributed by atoms with Crippen LogP contribution in [-0.4, -0.2) is 47.6 Å². The molecule has 0 bridgehead atoms. The molecule has 0 aliphatic carbocycles. The summed E-state index contributed by atoms with van der Waals surface area (Å²) in [5.74, 6) is 0.789. The minimum atomic E-state index is -1.09. The number of carbonyl (C=O) groups is 1. The summed E-state index contributed by atoms with van der Waals surface area (Å²) in [6.45, 7) is 9.93. The van der Waals surface area contributed by atoms with E-state index in [-0.39, 0.29) is 18.3 Å². The molecule has 2 aromatic rings. The van der Waals surface area contributed by atoms with E-state index in [4.69, 9.17) is 0 Å². The summed E-state index contributed by atoms with van der Waals surface area (Å²) in [6, 6.07) is 22.0. The van der Waals surface area contributed by atoms with E-state index in [1.165, 1.54) is 0 Å². The van der Waals surface area contributed by atoms with Gasteiger partial charge in [0.05, 0.1) is 16.7 Å². The molecule has 32 heavy (non-hydrogen) atoms. The van der Waals surface area contributed by atoms with Crippen LogP contribution in [0.15, 0.2) is 71.3 Å². The van der Waals surface area contributed by atoms with Crippen LogP contribution in [0, 0.1) is 11.3 Å². The molecule has 4 nitrogen and oxygen atoms in total. The number of nitrogens with zero attached hydrogens (tertiary/aromatic N) is 3. The number of amides is 1. The molecule has 0 saturated carbocycles. The second-order valence-corrected chi connectivity index (χ2v) is 8.80. The zero-order valence-corrected chi connectivity index (χ0v) is 20.7. The van der Waals surface area contributed by atoms with Crippen LogP contribution < -0.4 is 0 Å². The molecule has 0 radical (unpaired) electrons. The first-order chi connectivity index (χ1) is 15.1. The van der Waals surface area contributed by atoms with Crippen LogP contribution in [0.3, 0.4) is 0 Å². The summed E-state index contributed by atoms with van der Waals surface area (Å²) in [6.07, 6.45) is 0.875. The summed E-state index contributed by atoms with van der Waals surface area (Å²) < 4.78 is 0. The topological polar surface area (TPSA) is 47.3 Å². The SMILES string of the molecule is CCSC1=C(C#N)C(c2ccccc2)(c2ccccc2)C(=O)N1CCCN(CC)CC.Cl. The third-order valence-electron chi connectivity index (χ3n) is 5.96. The summed E-state index contributed by atoms with van der Waals surface area (Å²) in [5, 5.41) is 11.1. The van der Waals surface area contributed by atoms with E-state index in [9.17, 15) is 10.1 Å². The average molecular weight is 470 g/mol. The Labute approximate surface area is 202 Å². The van der Waals surface area contributed by atoms with Gasteiger partial charge in [0.1, 0.15) is 5.41 Å². The molecule has 0 fully saturated rings. The molecule has 6 heteroatoms. The van der Waals surface area contributed by atoms with Gasteiger partial charge in [0, 0.05) is 6.54 Å². The second-order valence-electron chi connectivity index (χ2n) is 7.54. The van der Waals surface area contributed by atoms with Crippen molar-refractivity contribution in [1.29, 1.82) is 5.26 Å². The van der Waals surface area contributed by atoms with Crippen LogP contribution in [-0.2, 0) is 10.2 Å². The van der Waals surface area contributed by atoms with Gasteiger partial charge in [-0.1, -0.05) is 81.4 Å². The van der Waals surface area contributed by atoms with Gasteiger partial charge < -0.3 is 9.80 Å². The Balaban J connectivity index is 0.00000363. The number of halogens is 1. The van der Waals surface area contributed by atoms with E-state index < -0.39 is 5.41 Å². The smallest absolute Gasteiger partial charge is 0.247 e. The lowest BCUT2D eigenvalue weighted by Crippen LogP contribution is -2.42. The maximum absolute atomic E-state index is 14.2. The van der Waals surface area contributed by atoms with Crippen LogP contribution in [0.2, 0.25) is 0 Å². The number of rotatable bonds is 10. The van der Waals surface area contributed by atoms with Crippen LogP contribution in [0.25, 0.3) is 0 Å². The Hall–Kier alpha value is -2.26. The normalized spacial score (nSPS) is 15.1. The van der Waals surface area contributed by atoms with Crippen molar-refractivity contribution in [3.8, 4) is 6.07 Å². The number of thioether (sulfide) groups is 1. The molecule has 170 valence electrons. The van der Waals surface area contributed by atoms with E-state index in [2.05, 4.69) is 31.7 Å². The van der Waals surface area contributed by atoms with E-state index in [1.54, 1.807) is 11.8 Å². The largest absolute Gasteiger partial charge is 0.304 e. The minimum Gasteiger partial charge on any atom is -0.304 e. The highest BCUT2D eigenvalue weighted by molar-refractivity contribution is 8.03. The van der Waals surface area contributed by atoms with Crippen LogP contribution in [0.1, 0.15) is 38.3 Å². The molecule has 2 aromatic carbocycles. The molecular weight excluding hydrogens is 438 g/mol. The van der Waals surface area contributed by atoms with E-state index in [0.29, 0.717) is 12.1 Å². The molecular formula is C26H32ClN3OS. The third-order valence-corrected chi connectivity index (χ3v) is 6.94. The Bertz CT molecular complexity index is 913. The second kappa shape index (κ2) is 12.1. The molecule has 0 atom stereocenters. The van der Waals surface area contributed by atoms with Gasteiger partial charge in [0.15, 0.2) is 0 Å². The molecule has 0 spiro atoms. The fourth-order valence-corrected chi connectivity index (χ4v) is 5.34. The van der Waals surface area contributed by atoms with Crippen molar-refractivity contribution >= 4 is 30.1 Å². The monoisotopic (exact) mass is 469 g/mol. The van der Waals surface area contributed by atoms with Gasteiger partial charge in [-0.25, -0.2) is 0 Å². The molecule has 1 heterocycles. The van der Waals surface area contributed by atoms with Crippen LogP contribution in [0.5, 0.6) is 0 Å². The molecule has 0 N–H and O–H groups in total. The molecule has 1 aliphatic heterocycles. The number of nitriles is 1. The van der Waals surface area contributed by atoms with Crippen molar-refractivity contribution in [3.05, 3.63) is 82.4 Å². The number of benzene rings is 2. The summed E-state index contributed by atoms with van der Waals surface area (Å²) in [7, 11) is 0. The molecule has 0 aromatic heterocycles. The Morgan fingerprint density at radius 1 is 0.969 bits per heavy atom. The first-order valence-corrected chi connectivity index (χ1v) is 12.1. The lowest BCUT2D eigenvalue weighted by atomic mass is 9.70. The average Bonchev–Trinajstić information content (AvgIpc) is 3.06. The summed E-state index contributed by atoms with van der Waals surface area (Å²) in [5.41, 5.74) is 1.15. The Morgan fingerprint density at radius 3 is 1.94 bits per heavy atom. The molecule has 1 aliphatic rings. The van der Waals surface area contributed by atoms with Crippen LogP contribution in [0.4, 0.5) is 0 Å². The fourth-order valence-electron chi connectivity index (χ4n) is 4.39. The van der Waals surface area contributed by atoms with E-state index >= 15 is 0 Å². The molecule has 1 amide bonds. The quantitative estimate of drug-likeness (QED) is 0.463. The van der Waals surface area contributed by atoms with Gasteiger partial charge in [-0.3, -0.25) is 4.79 Å². The standard InChI is InChI=1S/C26H31N3OS.ClH/c1-4-28(5-2)18-13-19-29-24(31-6-3)23(20-27)26(25(29)30,21-14-9-7-10-15-21)22-16-11-8-12-17-22;/h7-12,14-17H,4-6,13,18-19H2,1-3H3;1H. The summed E-state index contributed by atoms with van der Waals surface area (Å²) in [4.78, 5) is 18.4. The van der Waals surface area contributed by atoms with Gasteiger partial charge in [0.25, 0.3) is 0 Å². The number of carbonyl (C=O) groups excluding carboxylic acids is 1. The zero-order valence-electron chi connectivity index (χ0n) is 19.1. The molecule has 0 unspecified atom stereocenters. The maximum Gasteiger partial charge on any atom is 0.247 e. The van der Waals surface area contributed by atoms with Gasteiger partial charge in [-0.2, -0.15) is 5.26 Å². The Morgan fingerprint density at radius 2 is 1.50 bits per heavy atom. The van der Waals surface area contributed by atoms with Crippen molar-refractivity contribution in [2.75, 3.05) is 31.9 Å². The van der Waals surface area contributed by atoms with Gasteiger partial charge >= 0.3 is 0 Å². The summed E-state index contributed by atoms with van der Waals surface area (Å²) >= 11 is 1.59. The van der Waals surface area contributed by atoms with Crippen molar-refractivity contribution < 1.29 is 4.79 Å². The lowest BCUT2D eigenvalue weighted by molar-refractivity contribution is -0.130. The van der Waals surface area contributed by atoms with Crippen LogP contribution >= 0.6 is 24.2 Å². The van der Waals surface area contributed by atoms with Gasteiger partial charge in [-0.15, -0.1) is 24.2 Å². The van der Waals surface area contributed by atoms with Crippen molar-refractivity contribution in [2.45, 2.75) is 32.6 Å². The maximum atomic E-state index is 14.2. The highest BCUT2D eigenvalue weighted by Crippen LogP contribution is 2.50. The number of hydrogen-bond acceptors (Lipinski definition) is 4. The van der Waals surface area contributed by atoms with Gasteiger partial charge in [-0.05, 0) is 42.9 Å². The first kappa shape index (κ1) is 26.0. The van der Waals surface area contributed by atoms with E-state index in [1.807, 2.05) is 65.6 Å².